The summed E-state index contributed by atoms with van der Waals surface area (Å²) in [5.74, 6) is -0.0272. The number of phenolic OH excluding ortho intramolecular Hbond substituents is 1. The molecule has 0 saturated heterocycles. The minimum absolute atomic E-state index is 0.00686. The van der Waals surface area contributed by atoms with Gasteiger partial charge in [0.2, 0.25) is 5.91 Å². The molecule has 0 aliphatic carbocycles. The van der Waals surface area contributed by atoms with Crippen LogP contribution in [0.1, 0.15) is 114 Å². The van der Waals surface area contributed by atoms with Gasteiger partial charge in [-0.25, -0.2) is 0 Å². The summed E-state index contributed by atoms with van der Waals surface area (Å²) in [5.41, 5.74) is 0.894. The number of unbranched alkanes of at least 4 members (excludes halogenated alkanes) is 10. The molecule has 1 amide bonds. The van der Waals surface area contributed by atoms with E-state index in [4.69, 9.17) is 0 Å². The monoisotopic (exact) mass is 389 g/mol. The molecule has 2 N–H and O–H groups in total. The summed E-state index contributed by atoms with van der Waals surface area (Å²) in [6.07, 6.45) is 14.6. The molecule has 0 heterocycles. The average Bonchev–Trinajstić information content (AvgIpc) is 2.68. The maximum atomic E-state index is 12.4. The Morgan fingerprint density at radius 2 is 1.32 bits per heavy atom. The smallest absolute Gasteiger partial charge is 0.224 e. The van der Waals surface area contributed by atoms with E-state index in [1.807, 2.05) is 0 Å². The van der Waals surface area contributed by atoms with Crippen LogP contribution in [0, 0.1) is 0 Å². The molecule has 0 aliphatic rings. The first kappa shape index (κ1) is 24.2. The fourth-order valence-corrected chi connectivity index (χ4v) is 3.30. The predicted octanol–water partition coefficient (Wildman–Crippen LogP) is 7.01. The number of amides is 1. The van der Waals surface area contributed by atoms with Gasteiger partial charge in [0.25, 0.3) is 0 Å². The van der Waals surface area contributed by atoms with E-state index in [1.165, 1.54) is 51.0 Å². The zero-order valence-electron chi connectivity index (χ0n) is 17.9. The molecular formula is C24H39NO3. The van der Waals surface area contributed by atoms with Gasteiger partial charge >= 0.3 is 0 Å². The Hall–Kier alpha value is -1.84. The number of phenols is 1. The van der Waals surface area contributed by atoms with Crippen molar-refractivity contribution in [1.82, 2.24) is 0 Å². The standard InChI is InChI=1S/C24H39NO3/c1-3-5-7-9-11-13-15-22(26)20-17-18-23(27)21(19-20)25-24(28)16-14-12-10-8-6-4-2/h17-19,27H,3-16H2,1-2H3,(H,25,28). The second kappa shape index (κ2) is 15.1. The van der Waals surface area contributed by atoms with E-state index in [0.29, 0.717) is 24.1 Å². The summed E-state index contributed by atoms with van der Waals surface area (Å²) >= 11 is 0. The van der Waals surface area contributed by atoms with Crippen LogP contribution in [0.15, 0.2) is 18.2 Å². The number of nitrogens with one attached hydrogen (secondary N) is 1. The zero-order valence-corrected chi connectivity index (χ0v) is 17.9. The lowest BCUT2D eigenvalue weighted by atomic mass is 10.0. The highest BCUT2D eigenvalue weighted by Gasteiger charge is 2.11. The molecular weight excluding hydrogens is 350 g/mol. The lowest BCUT2D eigenvalue weighted by Gasteiger charge is -2.09. The number of hydrogen-bond donors (Lipinski definition) is 2. The molecule has 0 unspecified atom stereocenters. The lowest BCUT2D eigenvalue weighted by Crippen LogP contribution is -2.12. The van der Waals surface area contributed by atoms with Gasteiger partial charge in [-0.2, -0.15) is 0 Å². The van der Waals surface area contributed by atoms with Crippen molar-refractivity contribution in [3.8, 4) is 5.75 Å². The number of anilines is 1. The lowest BCUT2D eigenvalue weighted by molar-refractivity contribution is -0.116. The molecule has 1 aromatic carbocycles. The number of aromatic hydroxyl groups is 1. The van der Waals surface area contributed by atoms with E-state index in [1.54, 1.807) is 12.1 Å². The summed E-state index contributed by atoms with van der Waals surface area (Å²) in [4.78, 5) is 24.5. The van der Waals surface area contributed by atoms with Crippen molar-refractivity contribution >= 4 is 17.4 Å². The van der Waals surface area contributed by atoms with Crippen molar-refractivity contribution in [2.24, 2.45) is 0 Å². The van der Waals surface area contributed by atoms with Crippen LogP contribution >= 0.6 is 0 Å². The van der Waals surface area contributed by atoms with E-state index in [0.717, 1.165) is 32.1 Å². The molecule has 0 aliphatic heterocycles. The van der Waals surface area contributed by atoms with Crippen LogP contribution in [0.4, 0.5) is 5.69 Å². The largest absolute Gasteiger partial charge is 0.506 e. The van der Waals surface area contributed by atoms with E-state index in [-0.39, 0.29) is 17.4 Å². The molecule has 0 aromatic heterocycles. The minimum atomic E-state index is -0.105. The SMILES string of the molecule is CCCCCCCCC(=O)Nc1cc(C(=O)CCCCCCCC)ccc1O. The molecule has 1 aromatic rings. The van der Waals surface area contributed by atoms with E-state index in [9.17, 15) is 14.7 Å². The summed E-state index contributed by atoms with van der Waals surface area (Å²) in [6.45, 7) is 4.38. The zero-order chi connectivity index (χ0) is 20.6. The van der Waals surface area contributed by atoms with Crippen molar-refractivity contribution < 1.29 is 14.7 Å². The number of Topliss-reactive ketones (excluding diaryl/α,β-unsaturated/α-hetero) is 1. The van der Waals surface area contributed by atoms with E-state index in [2.05, 4.69) is 19.2 Å². The highest BCUT2D eigenvalue weighted by Crippen LogP contribution is 2.25. The van der Waals surface area contributed by atoms with Crippen LogP contribution in [0.25, 0.3) is 0 Å². The summed E-state index contributed by atoms with van der Waals surface area (Å²) in [6, 6.07) is 4.74. The molecule has 0 atom stereocenters. The number of rotatable bonds is 16. The van der Waals surface area contributed by atoms with Crippen LogP contribution < -0.4 is 5.32 Å². The number of carbonyl (C=O) groups excluding carboxylic acids is 2. The summed E-state index contributed by atoms with van der Waals surface area (Å²) in [5, 5.41) is 12.8. The topological polar surface area (TPSA) is 66.4 Å². The first-order valence-electron chi connectivity index (χ1n) is 11.2. The third-order valence-corrected chi connectivity index (χ3v) is 5.11. The molecule has 28 heavy (non-hydrogen) atoms. The van der Waals surface area contributed by atoms with Gasteiger partial charge in [0, 0.05) is 18.4 Å². The van der Waals surface area contributed by atoms with Crippen LogP contribution in [-0.4, -0.2) is 16.8 Å². The van der Waals surface area contributed by atoms with Gasteiger partial charge in [0.15, 0.2) is 5.78 Å². The molecule has 0 fully saturated rings. The quantitative estimate of drug-likeness (QED) is 0.181. The van der Waals surface area contributed by atoms with Gasteiger partial charge in [0.05, 0.1) is 5.69 Å². The average molecular weight is 390 g/mol. The summed E-state index contributed by atoms with van der Waals surface area (Å²) < 4.78 is 0. The number of carbonyl (C=O) groups is 2. The van der Waals surface area contributed by atoms with Gasteiger partial charge in [-0.3, -0.25) is 9.59 Å². The van der Waals surface area contributed by atoms with Gasteiger partial charge in [-0.15, -0.1) is 0 Å². The number of ketones is 1. The number of benzene rings is 1. The first-order chi connectivity index (χ1) is 13.6. The molecule has 0 bridgehead atoms. The molecule has 1 rings (SSSR count). The van der Waals surface area contributed by atoms with Gasteiger partial charge < -0.3 is 10.4 Å². The Labute approximate surface area is 171 Å². The Kier molecular flexibility index (Phi) is 13.1. The maximum absolute atomic E-state index is 12.4. The van der Waals surface area contributed by atoms with Crippen molar-refractivity contribution in [3.63, 3.8) is 0 Å². The van der Waals surface area contributed by atoms with Crippen molar-refractivity contribution in [2.45, 2.75) is 104 Å². The Balaban J connectivity index is 2.40. The highest BCUT2D eigenvalue weighted by atomic mass is 16.3. The fraction of sp³-hybridized carbons (Fsp3) is 0.667. The van der Waals surface area contributed by atoms with Crippen molar-refractivity contribution in [2.75, 3.05) is 5.32 Å². The Morgan fingerprint density at radius 1 is 0.786 bits per heavy atom. The third kappa shape index (κ3) is 10.5. The first-order valence-corrected chi connectivity index (χ1v) is 11.2. The normalized spacial score (nSPS) is 10.8. The molecule has 0 radical (unpaired) electrons. The molecule has 158 valence electrons. The summed E-state index contributed by atoms with van der Waals surface area (Å²) in [7, 11) is 0. The van der Waals surface area contributed by atoms with Crippen LogP contribution in [0.3, 0.4) is 0 Å². The Bertz CT molecular complexity index is 583. The fourth-order valence-electron chi connectivity index (χ4n) is 3.30. The predicted molar refractivity (Wildman–Crippen MR) is 117 cm³/mol. The van der Waals surface area contributed by atoms with Crippen LogP contribution in [0.5, 0.6) is 5.75 Å². The van der Waals surface area contributed by atoms with E-state index >= 15 is 0 Å². The molecule has 4 heteroatoms. The van der Waals surface area contributed by atoms with E-state index < -0.39 is 0 Å². The van der Waals surface area contributed by atoms with Crippen LogP contribution in [0.2, 0.25) is 0 Å². The Morgan fingerprint density at radius 3 is 1.93 bits per heavy atom. The second-order valence-electron chi connectivity index (χ2n) is 7.74. The maximum Gasteiger partial charge on any atom is 0.224 e. The second-order valence-corrected chi connectivity index (χ2v) is 7.74. The minimum Gasteiger partial charge on any atom is -0.506 e. The highest BCUT2D eigenvalue weighted by molar-refractivity contribution is 5.99. The third-order valence-electron chi connectivity index (χ3n) is 5.11. The molecule has 4 nitrogen and oxygen atoms in total. The van der Waals surface area contributed by atoms with Crippen molar-refractivity contribution in [1.29, 1.82) is 0 Å². The molecule has 0 spiro atoms. The molecule has 0 saturated carbocycles. The van der Waals surface area contributed by atoms with Gasteiger partial charge in [-0.1, -0.05) is 78.1 Å². The number of hydrogen-bond acceptors (Lipinski definition) is 3. The van der Waals surface area contributed by atoms with Gasteiger partial charge in [0.1, 0.15) is 5.75 Å². The van der Waals surface area contributed by atoms with Crippen molar-refractivity contribution in [3.05, 3.63) is 23.8 Å². The van der Waals surface area contributed by atoms with Gasteiger partial charge in [-0.05, 0) is 31.0 Å². The van der Waals surface area contributed by atoms with Crippen LogP contribution in [-0.2, 0) is 4.79 Å².